The predicted octanol–water partition coefficient (Wildman–Crippen LogP) is 3.75. The zero-order valence-corrected chi connectivity index (χ0v) is 11.3. The van der Waals surface area contributed by atoms with Crippen molar-refractivity contribution in [2.75, 3.05) is 6.61 Å². The van der Waals surface area contributed by atoms with E-state index >= 15 is 0 Å². The Morgan fingerprint density at radius 1 is 1.47 bits per heavy atom. The number of rotatable bonds is 4. The van der Waals surface area contributed by atoms with Gasteiger partial charge in [-0.25, -0.2) is 4.79 Å². The van der Waals surface area contributed by atoms with E-state index in [1.165, 1.54) is 6.07 Å². The number of aromatic nitrogens is 1. The lowest BCUT2D eigenvalue weighted by Gasteiger charge is -2.00. The Morgan fingerprint density at radius 3 is 2.84 bits per heavy atom. The third-order valence-corrected chi connectivity index (χ3v) is 2.80. The number of hydrogen-bond acceptors (Lipinski definition) is 4. The first kappa shape index (κ1) is 13.7. The minimum absolute atomic E-state index is 0.0494. The van der Waals surface area contributed by atoms with E-state index in [1.807, 2.05) is 0 Å². The second-order valence-corrected chi connectivity index (χ2v) is 4.36. The topological polar surface area (TPSA) is 72.6 Å². The normalized spacial score (nSPS) is 10.5. The minimum atomic E-state index is -1.24. The molecule has 0 aliphatic heterocycles. The summed E-state index contributed by atoms with van der Waals surface area (Å²) in [6, 6.07) is 4.72. The lowest BCUT2D eigenvalue weighted by Crippen LogP contribution is -2.01. The molecule has 0 aliphatic carbocycles. The largest absolute Gasteiger partial charge is 0.476 e. The van der Waals surface area contributed by atoms with Gasteiger partial charge in [-0.2, -0.15) is 4.98 Å². The third-order valence-electron chi connectivity index (χ3n) is 2.23. The lowest BCUT2D eigenvalue weighted by atomic mass is 10.2. The maximum Gasteiger partial charge on any atom is 0.362 e. The van der Waals surface area contributed by atoms with E-state index in [9.17, 15) is 4.79 Å². The van der Waals surface area contributed by atoms with Gasteiger partial charge in [0.1, 0.15) is 0 Å². The van der Waals surface area contributed by atoms with Crippen LogP contribution in [0.1, 0.15) is 17.4 Å². The van der Waals surface area contributed by atoms with Crippen LogP contribution in [0.2, 0.25) is 10.0 Å². The van der Waals surface area contributed by atoms with Crippen molar-refractivity contribution in [3.05, 3.63) is 33.9 Å². The van der Waals surface area contributed by atoms with Crippen LogP contribution >= 0.6 is 23.2 Å². The number of oxazole rings is 1. The molecule has 0 saturated heterocycles. The van der Waals surface area contributed by atoms with Gasteiger partial charge in [0, 0.05) is 5.02 Å². The van der Waals surface area contributed by atoms with Crippen molar-refractivity contribution in [3.8, 4) is 17.4 Å². The highest BCUT2D eigenvalue weighted by atomic mass is 35.5. The summed E-state index contributed by atoms with van der Waals surface area (Å²) in [5.41, 5.74) is 0.107. The van der Waals surface area contributed by atoms with Gasteiger partial charge in [0.2, 0.25) is 11.6 Å². The molecule has 2 rings (SSSR count). The molecular weight excluding hydrogens is 293 g/mol. The average Bonchev–Trinajstić information content (AvgIpc) is 2.77. The molecule has 2 aromatic rings. The predicted molar refractivity (Wildman–Crippen MR) is 70.1 cm³/mol. The number of benzene rings is 1. The highest BCUT2D eigenvalue weighted by Crippen LogP contribution is 2.33. The molecule has 1 N–H and O–H groups in total. The molecule has 19 heavy (non-hydrogen) atoms. The molecule has 0 aliphatic rings. The maximum atomic E-state index is 11.0. The van der Waals surface area contributed by atoms with Crippen molar-refractivity contribution in [1.29, 1.82) is 0 Å². The average molecular weight is 302 g/mol. The Bertz CT molecular complexity index is 624. The summed E-state index contributed by atoms with van der Waals surface area (Å²) in [5.74, 6) is -1.34. The second kappa shape index (κ2) is 5.50. The molecule has 1 aromatic heterocycles. The molecule has 0 radical (unpaired) electrons. The maximum absolute atomic E-state index is 11.0. The van der Waals surface area contributed by atoms with Crippen LogP contribution in [0.25, 0.3) is 11.5 Å². The Balaban J connectivity index is 2.53. The quantitative estimate of drug-likeness (QED) is 0.931. The first-order chi connectivity index (χ1) is 9.02. The fourth-order valence-electron chi connectivity index (χ4n) is 1.45. The van der Waals surface area contributed by atoms with Crippen LogP contribution < -0.4 is 4.74 Å². The standard InChI is InChI=1S/C12H9Cl2NO4/c1-2-18-12-9(11(16)17)15-10(19-12)7-5-6(13)3-4-8(7)14/h3-5H,2H2,1H3,(H,16,17). The zero-order chi connectivity index (χ0) is 14.0. The molecule has 0 spiro atoms. The summed E-state index contributed by atoms with van der Waals surface area (Å²) in [6.07, 6.45) is 0. The lowest BCUT2D eigenvalue weighted by molar-refractivity contribution is 0.0683. The molecule has 1 aromatic carbocycles. The Kier molecular flexibility index (Phi) is 3.97. The van der Waals surface area contributed by atoms with Gasteiger partial charge in [0.15, 0.2) is 0 Å². The van der Waals surface area contributed by atoms with Crippen molar-refractivity contribution < 1.29 is 19.1 Å². The highest BCUT2D eigenvalue weighted by Gasteiger charge is 2.22. The Labute approximate surface area is 118 Å². The van der Waals surface area contributed by atoms with Crippen LogP contribution in [0.3, 0.4) is 0 Å². The van der Waals surface area contributed by atoms with Crippen molar-refractivity contribution in [2.24, 2.45) is 0 Å². The summed E-state index contributed by atoms with van der Waals surface area (Å²) in [7, 11) is 0. The monoisotopic (exact) mass is 301 g/mol. The van der Waals surface area contributed by atoms with Gasteiger partial charge in [-0.05, 0) is 25.1 Å². The molecule has 7 heteroatoms. The molecule has 0 unspecified atom stereocenters. The number of ether oxygens (including phenoxy) is 1. The van der Waals surface area contributed by atoms with Crippen LogP contribution in [-0.2, 0) is 0 Å². The van der Waals surface area contributed by atoms with Gasteiger partial charge in [-0.3, -0.25) is 0 Å². The second-order valence-electron chi connectivity index (χ2n) is 3.52. The van der Waals surface area contributed by atoms with Gasteiger partial charge in [-0.15, -0.1) is 0 Å². The van der Waals surface area contributed by atoms with Gasteiger partial charge in [0.25, 0.3) is 0 Å². The smallest absolute Gasteiger partial charge is 0.362 e. The van der Waals surface area contributed by atoms with E-state index in [-0.39, 0.29) is 24.1 Å². The Morgan fingerprint density at radius 2 is 2.21 bits per heavy atom. The number of aromatic carboxylic acids is 1. The van der Waals surface area contributed by atoms with Crippen LogP contribution in [0, 0.1) is 0 Å². The summed E-state index contributed by atoms with van der Waals surface area (Å²) < 4.78 is 10.4. The summed E-state index contributed by atoms with van der Waals surface area (Å²) in [6.45, 7) is 1.97. The molecule has 0 fully saturated rings. The summed E-state index contributed by atoms with van der Waals surface area (Å²) in [4.78, 5) is 14.9. The zero-order valence-electron chi connectivity index (χ0n) is 9.81. The first-order valence-corrected chi connectivity index (χ1v) is 6.11. The fourth-order valence-corrected chi connectivity index (χ4v) is 1.82. The molecule has 0 atom stereocenters. The number of carbonyl (C=O) groups is 1. The van der Waals surface area contributed by atoms with Crippen LogP contribution in [0.15, 0.2) is 22.6 Å². The van der Waals surface area contributed by atoms with Crippen LogP contribution in [0.5, 0.6) is 5.95 Å². The van der Waals surface area contributed by atoms with Gasteiger partial charge in [-0.1, -0.05) is 23.2 Å². The summed E-state index contributed by atoms with van der Waals surface area (Å²) >= 11 is 11.9. The van der Waals surface area contributed by atoms with Crippen molar-refractivity contribution in [2.45, 2.75) is 6.92 Å². The molecule has 0 amide bonds. The first-order valence-electron chi connectivity index (χ1n) is 5.35. The molecule has 1 heterocycles. The molecule has 0 saturated carbocycles. The molecule has 5 nitrogen and oxygen atoms in total. The minimum Gasteiger partial charge on any atom is -0.476 e. The molecular formula is C12H9Cl2NO4. The number of carboxylic acids is 1. The van der Waals surface area contributed by atoms with E-state index in [2.05, 4.69) is 4.98 Å². The van der Waals surface area contributed by atoms with Gasteiger partial charge < -0.3 is 14.3 Å². The number of hydrogen-bond donors (Lipinski definition) is 1. The van der Waals surface area contributed by atoms with Crippen molar-refractivity contribution >= 4 is 29.2 Å². The fraction of sp³-hybridized carbons (Fsp3) is 0.167. The molecule has 100 valence electrons. The van der Waals surface area contributed by atoms with Gasteiger partial charge in [0.05, 0.1) is 17.2 Å². The van der Waals surface area contributed by atoms with E-state index in [4.69, 9.17) is 37.5 Å². The van der Waals surface area contributed by atoms with Crippen molar-refractivity contribution in [1.82, 2.24) is 4.98 Å². The summed E-state index contributed by atoms with van der Waals surface area (Å²) in [5, 5.41) is 9.80. The van der Waals surface area contributed by atoms with Gasteiger partial charge >= 0.3 is 11.9 Å². The number of carboxylic acid groups (broad SMARTS) is 1. The Hall–Kier alpha value is -1.72. The van der Waals surface area contributed by atoms with Crippen molar-refractivity contribution in [3.63, 3.8) is 0 Å². The SMILES string of the molecule is CCOc1oc(-c2cc(Cl)ccc2Cl)nc1C(=O)O. The van der Waals surface area contributed by atoms with E-state index in [0.29, 0.717) is 15.6 Å². The van der Waals surface area contributed by atoms with Crippen LogP contribution in [-0.4, -0.2) is 22.7 Å². The third kappa shape index (κ3) is 2.83. The van der Waals surface area contributed by atoms with E-state index < -0.39 is 5.97 Å². The van der Waals surface area contributed by atoms with Crippen LogP contribution in [0.4, 0.5) is 0 Å². The highest BCUT2D eigenvalue weighted by molar-refractivity contribution is 6.35. The van der Waals surface area contributed by atoms with E-state index in [0.717, 1.165) is 0 Å². The number of nitrogens with zero attached hydrogens (tertiary/aromatic N) is 1. The number of halogens is 2. The van der Waals surface area contributed by atoms with E-state index in [1.54, 1.807) is 19.1 Å². The molecule has 0 bridgehead atoms.